The van der Waals surface area contributed by atoms with E-state index >= 15 is 0 Å². The molecule has 0 bridgehead atoms. The van der Waals surface area contributed by atoms with Crippen molar-refractivity contribution < 1.29 is 20.1 Å². The molecule has 132 valence electrons. The van der Waals surface area contributed by atoms with E-state index in [0.29, 0.717) is 0 Å². The number of hydrogen-bond acceptors (Lipinski definition) is 5. The maximum atomic E-state index is 11.2. The van der Waals surface area contributed by atoms with E-state index in [2.05, 4.69) is 19.2 Å². The van der Waals surface area contributed by atoms with Crippen molar-refractivity contribution in [3.8, 4) is 0 Å². The van der Waals surface area contributed by atoms with E-state index in [1.54, 1.807) is 0 Å². The van der Waals surface area contributed by atoms with Gasteiger partial charge in [-0.15, -0.1) is 0 Å². The zero-order valence-electron chi connectivity index (χ0n) is 14.3. The largest absolute Gasteiger partial charge is 0.563 e. The Hall–Kier alpha value is -0.240. The maximum absolute atomic E-state index is 11.2. The van der Waals surface area contributed by atoms with Crippen molar-refractivity contribution in [2.24, 2.45) is 0 Å². The lowest BCUT2D eigenvalue weighted by Crippen LogP contribution is -3.06. The Labute approximate surface area is 134 Å². The van der Waals surface area contributed by atoms with Crippen LogP contribution in [-0.2, 0) is 14.7 Å². The van der Waals surface area contributed by atoms with E-state index in [1.165, 1.54) is 51.4 Å². The van der Waals surface area contributed by atoms with Crippen molar-refractivity contribution in [1.82, 2.24) is 5.32 Å². The molecule has 0 spiro atoms. The van der Waals surface area contributed by atoms with Gasteiger partial charge in [0, 0.05) is 11.0 Å². The molecule has 2 N–H and O–H groups in total. The van der Waals surface area contributed by atoms with Crippen LogP contribution < -0.4 is 10.7 Å². The first-order chi connectivity index (χ1) is 10.8. The van der Waals surface area contributed by atoms with E-state index in [4.69, 9.17) is 14.7 Å². The Morgan fingerprint density at radius 2 is 1.59 bits per heavy atom. The Balaban J connectivity index is 2.35. The minimum atomic E-state index is -0.757. The predicted octanol–water partition coefficient (Wildman–Crippen LogP) is 2.79. The van der Waals surface area contributed by atoms with Crippen molar-refractivity contribution in [3.05, 3.63) is 5.21 Å². The van der Waals surface area contributed by atoms with Gasteiger partial charge in [-0.3, -0.25) is 5.32 Å². The van der Waals surface area contributed by atoms with Gasteiger partial charge in [0.05, 0.1) is 0 Å². The summed E-state index contributed by atoms with van der Waals surface area (Å²) in [6.45, 7) is 4.63. The summed E-state index contributed by atoms with van der Waals surface area (Å²) in [6.07, 6.45) is 12.9. The third-order valence-corrected chi connectivity index (χ3v) is 4.18. The molecule has 6 nitrogen and oxygen atoms in total. The minimum absolute atomic E-state index is 0.0733. The zero-order chi connectivity index (χ0) is 16.0. The Morgan fingerprint density at radius 1 is 0.955 bits per heavy atom. The fourth-order valence-corrected chi connectivity index (χ4v) is 2.81. The van der Waals surface area contributed by atoms with Gasteiger partial charge >= 0.3 is 0 Å². The Bertz CT molecular complexity index is 256. The average Bonchev–Trinajstić information content (AvgIpc) is 2.51. The summed E-state index contributed by atoms with van der Waals surface area (Å²) in [7, 11) is 0. The van der Waals surface area contributed by atoms with Crippen molar-refractivity contribution in [2.45, 2.75) is 96.6 Å². The molecule has 0 saturated carbocycles. The highest BCUT2D eigenvalue weighted by Gasteiger charge is 2.26. The van der Waals surface area contributed by atoms with E-state index in [1.807, 2.05) is 0 Å². The summed E-state index contributed by atoms with van der Waals surface area (Å²) < 4.78 is 0. The molecule has 6 heteroatoms. The molecule has 1 heterocycles. The van der Waals surface area contributed by atoms with Crippen LogP contribution in [0.1, 0.15) is 84.5 Å². The molecular weight excluding hydrogens is 284 g/mol. The second-order valence-electron chi connectivity index (χ2n) is 6.12. The fraction of sp³-hybridized carbons (Fsp3) is 1.00. The van der Waals surface area contributed by atoms with Crippen molar-refractivity contribution in [3.63, 3.8) is 0 Å². The number of unbranched alkanes of at least 4 members (excludes halogenated alkanes) is 7. The maximum Gasteiger partial charge on any atom is 0.162 e. The second-order valence-corrected chi connectivity index (χ2v) is 6.12. The molecule has 0 radical (unpaired) electrons. The van der Waals surface area contributed by atoms with E-state index in [9.17, 15) is 5.21 Å². The first-order valence-electron chi connectivity index (χ1n) is 9.01. The van der Waals surface area contributed by atoms with Gasteiger partial charge in [0.2, 0.25) is 0 Å². The van der Waals surface area contributed by atoms with E-state index in [-0.39, 0.29) is 18.9 Å². The van der Waals surface area contributed by atoms with Gasteiger partial charge in [0.15, 0.2) is 6.73 Å². The number of hydrogen-bond donors (Lipinski definition) is 2. The lowest BCUT2D eigenvalue weighted by atomic mass is 9.98. The van der Waals surface area contributed by atoms with Crippen LogP contribution in [0.25, 0.3) is 0 Å². The van der Waals surface area contributed by atoms with Crippen LogP contribution in [-0.4, -0.2) is 18.9 Å². The Morgan fingerprint density at radius 3 is 2.32 bits per heavy atom. The van der Waals surface area contributed by atoms with Gasteiger partial charge < -0.3 is 5.21 Å². The molecule has 0 aromatic carbocycles. The molecule has 1 aliphatic heterocycles. The molecule has 3 atom stereocenters. The van der Waals surface area contributed by atoms with Gasteiger partial charge in [-0.25, -0.2) is 0 Å². The SMILES string of the molecule is CCCCCCCC1NCO[NH+]([O-])OOC1CCCCCC. The van der Waals surface area contributed by atoms with Gasteiger partial charge in [-0.2, -0.15) is 9.73 Å². The molecule has 0 amide bonds. The van der Waals surface area contributed by atoms with Crippen LogP contribution in [0, 0.1) is 5.21 Å². The first kappa shape index (κ1) is 19.8. The van der Waals surface area contributed by atoms with Crippen LogP contribution in [0.15, 0.2) is 0 Å². The highest BCUT2D eigenvalue weighted by Crippen LogP contribution is 2.17. The van der Waals surface area contributed by atoms with E-state index in [0.717, 1.165) is 19.3 Å². The van der Waals surface area contributed by atoms with Crippen LogP contribution >= 0.6 is 0 Å². The number of quaternary nitrogens is 1. The van der Waals surface area contributed by atoms with Crippen molar-refractivity contribution >= 4 is 0 Å². The van der Waals surface area contributed by atoms with Crippen LogP contribution in [0.4, 0.5) is 0 Å². The summed E-state index contributed by atoms with van der Waals surface area (Å²) in [5.74, 6) is 0. The Kier molecular flexibility index (Phi) is 11.9. The number of rotatable bonds is 11. The molecule has 1 aliphatic rings. The molecule has 0 aromatic rings. The molecule has 3 unspecified atom stereocenters. The van der Waals surface area contributed by atoms with E-state index < -0.39 is 5.39 Å². The third kappa shape index (κ3) is 9.02. The third-order valence-electron chi connectivity index (χ3n) is 4.18. The summed E-state index contributed by atoms with van der Waals surface area (Å²) in [4.78, 5) is 14.9. The summed E-state index contributed by atoms with van der Waals surface area (Å²) >= 11 is 0. The monoisotopic (exact) mass is 318 g/mol. The van der Waals surface area contributed by atoms with Crippen LogP contribution in [0.3, 0.4) is 0 Å². The number of nitrogens with one attached hydrogen (secondary N) is 2. The molecule has 1 fully saturated rings. The van der Waals surface area contributed by atoms with Gasteiger partial charge in [-0.1, -0.05) is 71.6 Å². The lowest BCUT2D eigenvalue weighted by molar-refractivity contribution is -1.25. The highest BCUT2D eigenvalue weighted by atomic mass is 17.4. The molecule has 0 aliphatic carbocycles. The molecule has 22 heavy (non-hydrogen) atoms. The normalized spacial score (nSPS) is 26.6. The quantitative estimate of drug-likeness (QED) is 0.348. The smallest absolute Gasteiger partial charge is 0.162 e. The van der Waals surface area contributed by atoms with Crippen molar-refractivity contribution in [1.29, 1.82) is 0 Å². The average molecular weight is 318 g/mol. The zero-order valence-corrected chi connectivity index (χ0v) is 14.3. The van der Waals surface area contributed by atoms with Gasteiger partial charge in [0.25, 0.3) is 0 Å². The molecule has 0 aromatic heterocycles. The molecule has 1 saturated heterocycles. The summed E-state index contributed by atoms with van der Waals surface area (Å²) in [5.41, 5.74) is 0. The van der Waals surface area contributed by atoms with Crippen LogP contribution in [0.5, 0.6) is 0 Å². The summed E-state index contributed by atoms with van der Waals surface area (Å²) in [6, 6.07) is 0.191. The van der Waals surface area contributed by atoms with Crippen LogP contribution in [0.2, 0.25) is 0 Å². The van der Waals surface area contributed by atoms with Gasteiger partial charge in [0.1, 0.15) is 6.10 Å². The predicted molar refractivity (Wildman–Crippen MR) is 85.3 cm³/mol. The second kappa shape index (κ2) is 13.2. The highest BCUT2D eigenvalue weighted by molar-refractivity contribution is 4.76. The topological polar surface area (TPSA) is 67.2 Å². The lowest BCUT2D eigenvalue weighted by Gasteiger charge is -2.30. The van der Waals surface area contributed by atoms with Crippen molar-refractivity contribution in [2.75, 3.05) is 6.73 Å². The fourth-order valence-electron chi connectivity index (χ4n) is 2.81. The van der Waals surface area contributed by atoms with Gasteiger partial charge in [-0.05, 0) is 18.2 Å². The standard InChI is InChI=1S/C16H34N2O4/c1-3-5-7-9-10-12-15-16(13-11-8-6-4-2)21-22-18(19)20-14-17-15/h15-18H,3-14H2,1-2H3. The minimum Gasteiger partial charge on any atom is -0.563 e. The first-order valence-corrected chi connectivity index (χ1v) is 9.01. The molecular formula is C16H34N2O4. The summed E-state index contributed by atoms with van der Waals surface area (Å²) in [5, 5.41) is 13.7. The molecule has 1 rings (SSSR count).